The molecule has 0 radical (unpaired) electrons. The quantitative estimate of drug-likeness (QED) is 0.304. The number of rotatable bonds is 7. The Kier molecular flexibility index (Phi) is 7.58. The van der Waals surface area contributed by atoms with Gasteiger partial charge in [0, 0.05) is 12.0 Å². The maximum absolute atomic E-state index is 12.2. The van der Waals surface area contributed by atoms with Crippen LogP contribution in [0.3, 0.4) is 0 Å². The van der Waals surface area contributed by atoms with Gasteiger partial charge in [-0.2, -0.15) is 0 Å². The highest BCUT2D eigenvalue weighted by Gasteiger charge is 2.43. The molecule has 0 aromatic rings. The lowest BCUT2D eigenvalue weighted by Crippen LogP contribution is -2.44. The highest BCUT2D eigenvalue weighted by molar-refractivity contribution is 5.79. The van der Waals surface area contributed by atoms with Gasteiger partial charge in [-0.1, -0.05) is 20.8 Å². The van der Waals surface area contributed by atoms with Crippen LogP contribution in [0.25, 0.3) is 0 Å². The number of hydrogen-bond acceptors (Lipinski definition) is 7. The van der Waals surface area contributed by atoms with E-state index in [9.17, 15) is 30.0 Å². The van der Waals surface area contributed by atoms with Gasteiger partial charge in [-0.15, -0.1) is 0 Å². The maximum atomic E-state index is 12.2. The van der Waals surface area contributed by atoms with Gasteiger partial charge in [0.05, 0.1) is 36.9 Å². The molecule has 2 rings (SSSR count). The van der Waals surface area contributed by atoms with E-state index < -0.39 is 42.5 Å². The molecule has 6 N–H and O–H groups in total. The standard InChI is InChI=1S/C18H32N2O7/c1-8(2)17(25)20-11-6-14(16(24)15(11)23)27-7-9(3)18(26)19-10-4-12(21)13(22)5-10/h8-16,21-24H,4-7H2,1-3H3,(H,19,26)(H,20,25). The Hall–Kier alpha value is -1.26. The molecule has 0 heterocycles. The van der Waals surface area contributed by atoms with Crippen LogP contribution in [0.2, 0.25) is 0 Å². The molecule has 2 amide bonds. The van der Waals surface area contributed by atoms with E-state index in [1.165, 1.54) is 0 Å². The molecule has 0 aromatic carbocycles. The Morgan fingerprint density at radius 1 is 0.926 bits per heavy atom. The van der Waals surface area contributed by atoms with Crippen molar-refractivity contribution in [2.24, 2.45) is 11.8 Å². The topological polar surface area (TPSA) is 148 Å². The van der Waals surface area contributed by atoms with Gasteiger partial charge in [-0.3, -0.25) is 9.59 Å². The fourth-order valence-corrected chi connectivity index (χ4v) is 3.45. The molecule has 2 aliphatic rings. The summed E-state index contributed by atoms with van der Waals surface area (Å²) in [4.78, 5) is 24.0. The van der Waals surface area contributed by atoms with Gasteiger partial charge in [0.1, 0.15) is 12.2 Å². The molecule has 0 spiro atoms. The van der Waals surface area contributed by atoms with Crippen LogP contribution in [0.15, 0.2) is 0 Å². The first kappa shape index (κ1) is 22.0. The van der Waals surface area contributed by atoms with E-state index in [0.29, 0.717) is 12.8 Å². The number of ether oxygens (including phenoxy) is 1. The molecule has 0 aliphatic heterocycles. The van der Waals surface area contributed by atoms with Crippen LogP contribution in [-0.4, -0.2) is 81.5 Å². The first-order valence-electron chi connectivity index (χ1n) is 9.54. The minimum atomic E-state index is -1.14. The zero-order valence-corrected chi connectivity index (χ0v) is 16.0. The highest BCUT2D eigenvalue weighted by atomic mass is 16.5. The van der Waals surface area contributed by atoms with Crippen molar-refractivity contribution < 1.29 is 34.8 Å². The zero-order chi connectivity index (χ0) is 20.3. The van der Waals surface area contributed by atoms with Gasteiger partial charge >= 0.3 is 0 Å². The molecule has 0 bridgehead atoms. The lowest BCUT2D eigenvalue weighted by atomic mass is 10.1. The highest BCUT2D eigenvalue weighted by Crippen LogP contribution is 2.25. The summed E-state index contributed by atoms with van der Waals surface area (Å²) in [6.07, 6.45) is -3.71. The van der Waals surface area contributed by atoms with E-state index in [4.69, 9.17) is 4.74 Å². The number of carbonyl (C=O) groups excluding carboxylic acids is 2. The van der Waals surface area contributed by atoms with Gasteiger partial charge in [0.15, 0.2) is 0 Å². The predicted molar refractivity (Wildman–Crippen MR) is 95.5 cm³/mol. The molecule has 156 valence electrons. The van der Waals surface area contributed by atoms with Gasteiger partial charge < -0.3 is 35.8 Å². The van der Waals surface area contributed by atoms with E-state index >= 15 is 0 Å². The van der Waals surface area contributed by atoms with E-state index in [0.717, 1.165) is 0 Å². The molecule has 2 saturated carbocycles. The average molecular weight is 388 g/mol. The smallest absolute Gasteiger partial charge is 0.225 e. The lowest BCUT2D eigenvalue weighted by molar-refractivity contribution is -0.129. The largest absolute Gasteiger partial charge is 0.390 e. The van der Waals surface area contributed by atoms with Crippen molar-refractivity contribution in [3.05, 3.63) is 0 Å². The van der Waals surface area contributed by atoms with Gasteiger partial charge in [-0.05, 0) is 19.3 Å². The van der Waals surface area contributed by atoms with E-state index in [1.807, 2.05) is 0 Å². The maximum Gasteiger partial charge on any atom is 0.225 e. The summed E-state index contributed by atoms with van der Waals surface area (Å²) in [6.45, 7) is 5.20. The molecule has 2 fully saturated rings. The number of hydrogen-bond donors (Lipinski definition) is 6. The molecule has 7 atom stereocenters. The Morgan fingerprint density at radius 3 is 2.07 bits per heavy atom. The first-order valence-corrected chi connectivity index (χ1v) is 9.54. The molecule has 0 aromatic heterocycles. The molecular weight excluding hydrogens is 356 g/mol. The molecule has 7 unspecified atom stereocenters. The summed E-state index contributed by atoms with van der Waals surface area (Å²) in [5.74, 6) is -1.21. The van der Waals surface area contributed by atoms with Gasteiger partial charge in [0.2, 0.25) is 11.8 Å². The third kappa shape index (κ3) is 5.61. The van der Waals surface area contributed by atoms with Crippen LogP contribution in [0.4, 0.5) is 0 Å². The Morgan fingerprint density at radius 2 is 1.52 bits per heavy atom. The lowest BCUT2D eigenvalue weighted by Gasteiger charge is -2.21. The van der Waals surface area contributed by atoms with Crippen molar-refractivity contribution >= 4 is 11.8 Å². The number of carbonyl (C=O) groups is 2. The number of aliphatic hydroxyl groups excluding tert-OH is 4. The number of nitrogens with one attached hydrogen (secondary N) is 2. The Balaban J connectivity index is 1.78. The summed E-state index contributed by atoms with van der Waals surface area (Å²) in [5, 5.41) is 44.8. The summed E-state index contributed by atoms with van der Waals surface area (Å²) < 4.78 is 5.63. The monoisotopic (exact) mass is 388 g/mol. The average Bonchev–Trinajstić information content (AvgIpc) is 3.05. The SMILES string of the molecule is CC(C)C(=O)NC1CC(OCC(C)C(=O)NC2CC(O)C(O)C2)C(O)C1O. The van der Waals surface area contributed by atoms with E-state index in [-0.39, 0.29) is 36.8 Å². The first-order chi connectivity index (χ1) is 12.6. The van der Waals surface area contributed by atoms with Crippen molar-refractivity contribution in [1.29, 1.82) is 0 Å². The van der Waals surface area contributed by atoms with Crippen LogP contribution in [0, 0.1) is 11.8 Å². The second kappa shape index (κ2) is 9.29. The molecule has 2 aliphatic carbocycles. The normalized spacial score (nSPS) is 37.4. The molecule has 9 heteroatoms. The molecule has 0 saturated heterocycles. The predicted octanol–water partition coefficient (Wildman–Crippen LogP) is -1.73. The Bertz CT molecular complexity index is 520. The second-order valence-corrected chi connectivity index (χ2v) is 8.07. The Labute approximate surface area is 159 Å². The van der Waals surface area contributed by atoms with Gasteiger partial charge in [-0.25, -0.2) is 0 Å². The number of amides is 2. The van der Waals surface area contributed by atoms with Gasteiger partial charge in [0.25, 0.3) is 0 Å². The third-order valence-electron chi connectivity index (χ3n) is 5.33. The summed E-state index contributed by atoms with van der Waals surface area (Å²) in [6, 6.07) is -0.870. The minimum Gasteiger partial charge on any atom is -0.390 e. The minimum absolute atomic E-state index is 0.0446. The number of aliphatic hydroxyl groups is 4. The summed E-state index contributed by atoms with van der Waals surface area (Å²) >= 11 is 0. The van der Waals surface area contributed by atoms with Crippen LogP contribution < -0.4 is 10.6 Å². The van der Waals surface area contributed by atoms with E-state index in [2.05, 4.69) is 10.6 Å². The van der Waals surface area contributed by atoms with E-state index in [1.54, 1.807) is 20.8 Å². The van der Waals surface area contributed by atoms with Crippen LogP contribution in [-0.2, 0) is 14.3 Å². The third-order valence-corrected chi connectivity index (χ3v) is 5.33. The van der Waals surface area contributed by atoms with Crippen molar-refractivity contribution in [2.75, 3.05) is 6.61 Å². The van der Waals surface area contributed by atoms with Crippen molar-refractivity contribution in [2.45, 2.75) is 82.6 Å². The second-order valence-electron chi connectivity index (χ2n) is 8.07. The molecule has 9 nitrogen and oxygen atoms in total. The molecular formula is C18H32N2O7. The van der Waals surface area contributed by atoms with Crippen LogP contribution in [0.5, 0.6) is 0 Å². The van der Waals surface area contributed by atoms with Crippen LogP contribution in [0.1, 0.15) is 40.0 Å². The fraction of sp³-hybridized carbons (Fsp3) is 0.889. The molecule has 27 heavy (non-hydrogen) atoms. The summed E-state index contributed by atoms with van der Waals surface area (Å²) in [5.41, 5.74) is 0. The zero-order valence-electron chi connectivity index (χ0n) is 16.0. The summed E-state index contributed by atoms with van der Waals surface area (Å²) in [7, 11) is 0. The fourth-order valence-electron chi connectivity index (χ4n) is 3.45. The van der Waals surface area contributed by atoms with Crippen molar-refractivity contribution in [3.63, 3.8) is 0 Å². The van der Waals surface area contributed by atoms with Crippen molar-refractivity contribution in [3.8, 4) is 0 Å². The van der Waals surface area contributed by atoms with Crippen molar-refractivity contribution in [1.82, 2.24) is 10.6 Å². The van der Waals surface area contributed by atoms with Crippen LogP contribution >= 0.6 is 0 Å².